The Kier molecular flexibility index (Phi) is 7.10. The maximum atomic E-state index is 12.5. The smallest absolute Gasteiger partial charge is 0.234 e. The molecule has 0 saturated carbocycles. The number of likely N-dealkylation sites (N-methyl/N-ethyl adjacent to an activating group) is 1. The second-order valence-electron chi connectivity index (χ2n) is 7.56. The molecule has 1 fully saturated rings. The molecule has 2 heterocycles. The highest BCUT2D eigenvalue weighted by Gasteiger charge is 2.25. The van der Waals surface area contributed by atoms with Gasteiger partial charge < -0.3 is 9.84 Å². The molecule has 28 heavy (non-hydrogen) atoms. The number of carbonyl (C=O) groups excluding carboxylic acids is 1. The van der Waals surface area contributed by atoms with E-state index >= 15 is 0 Å². The van der Waals surface area contributed by atoms with Crippen LogP contribution in [0, 0.1) is 13.8 Å². The third kappa shape index (κ3) is 5.13. The zero-order chi connectivity index (χ0) is 20.1. The predicted molar refractivity (Wildman–Crippen MR) is 110 cm³/mol. The minimum Gasteiger partial charge on any atom is -0.361 e. The number of amides is 1. The highest BCUT2D eigenvalue weighted by molar-refractivity contribution is 6.31. The SMILES string of the molecule is Cc1noc(C)c1CN(C)CC(=O)NCC(c1ccccc1Cl)N1CCCC1. The summed E-state index contributed by atoms with van der Waals surface area (Å²) in [5.74, 6) is 0.808. The van der Waals surface area contributed by atoms with Gasteiger partial charge in [-0.05, 0) is 58.5 Å². The van der Waals surface area contributed by atoms with E-state index in [4.69, 9.17) is 16.1 Å². The maximum absolute atomic E-state index is 12.5. The number of hydrogen-bond acceptors (Lipinski definition) is 5. The van der Waals surface area contributed by atoms with Crippen molar-refractivity contribution in [3.63, 3.8) is 0 Å². The summed E-state index contributed by atoms with van der Waals surface area (Å²) in [6.45, 7) is 7.41. The summed E-state index contributed by atoms with van der Waals surface area (Å²) in [6.07, 6.45) is 2.38. The van der Waals surface area contributed by atoms with Crippen LogP contribution in [0.5, 0.6) is 0 Å². The number of carbonyl (C=O) groups is 1. The van der Waals surface area contributed by atoms with Crippen LogP contribution in [0.3, 0.4) is 0 Å². The molecule has 1 aliphatic rings. The molecule has 3 rings (SSSR count). The van der Waals surface area contributed by atoms with Crippen LogP contribution in [-0.2, 0) is 11.3 Å². The predicted octanol–water partition coefficient (Wildman–Crippen LogP) is 3.33. The number of aryl methyl sites for hydroxylation is 2. The Morgan fingerprint density at radius 3 is 2.68 bits per heavy atom. The van der Waals surface area contributed by atoms with E-state index in [1.165, 1.54) is 12.8 Å². The molecule has 1 amide bonds. The molecule has 1 N–H and O–H groups in total. The zero-order valence-electron chi connectivity index (χ0n) is 16.9. The maximum Gasteiger partial charge on any atom is 0.234 e. The topological polar surface area (TPSA) is 61.6 Å². The molecule has 1 aromatic heterocycles. The Bertz CT molecular complexity index is 782. The molecule has 2 aromatic rings. The van der Waals surface area contributed by atoms with Crippen molar-refractivity contribution in [1.29, 1.82) is 0 Å². The van der Waals surface area contributed by atoms with Gasteiger partial charge in [0.25, 0.3) is 0 Å². The lowest BCUT2D eigenvalue weighted by Crippen LogP contribution is -2.40. The molecule has 152 valence electrons. The Balaban J connectivity index is 1.58. The molecule has 6 nitrogen and oxygen atoms in total. The first-order valence-corrected chi connectivity index (χ1v) is 10.2. The van der Waals surface area contributed by atoms with Crippen molar-refractivity contribution in [2.75, 3.05) is 33.2 Å². The molecule has 1 atom stereocenters. The van der Waals surface area contributed by atoms with Gasteiger partial charge in [-0.25, -0.2) is 0 Å². The van der Waals surface area contributed by atoms with Gasteiger partial charge in [-0.2, -0.15) is 0 Å². The quantitative estimate of drug-likeness (QED) is 0.731. The number of nitrogens with zero attached hydrogens (tertiary/aromatic N) is 3. The molecule has 1 saturated heterocycles. The molecule has 1 aromatic carbocycles. The minimum absolute atomic E-state index is 0.00510. The van der Waals surface area contributed by atoms with Gasteiger partial charge in [0.15, 0.2) is 0 Å². The lowest BCUT2D eigenvalue weighted by atomic mass is 10.1. The molecule has 1 aliphatic heterocycles. The van der Waals surface area contributed by atoms with Crippen LogP contribution in [0.25, 0.3) is 0 Å². The first-order chi connectivity index (χ1) is 13.5. The van der Waals surface area contributed by atoms with Crippen molar-refractivity contribution in [2.24, 2.45) is 0 Å². The summed E-state index contributed by atoms with van der Waals surface area (Å²) in [5.41, 5.74) is 2.99. The number of nitrogens with one attached hydrogen (secondary N) is 1. The van der Waals surface area contributed by atoms with Crippen LogP contribution in [0.4, 0.5) is 0 Å². The third-order valence-electron chi connectivity index (χ3n) is 5.36. The van der Waals surface area contributed by atoms with E-state index in [9.17, 15) is 4.79 Å². The van der Waals surface area contributed by atoms with E-state index in [-0.39, 0.29) is 11.9 Å². The van der Waals surface area contributed by atoms with Gasteiger partial charge in [-0.15, -0.1) is 0 Å². The minimum atomic E-state index is 0.00510. The van der Waals surface area contributed by atoms with E-state index in [1.807, 2.05) is 44.0 Å². The van der Waals surface area contributed by atoms with Crippen LogP contribution >= 0.6 is 11.6 Å². The molecular formula is C21H29ClN4O2. The average Bonchev–Trinajstić information content (AvgIpc) is 3.29. The lowest BCUT2D eigenvalue weighted by molar-refractivity contribution is -0.122. The second-order valence-corrected chi connectivity index (χ2v) is 7.97. The van der Waals surface area contributed by atoms with Crippen molar-refractivity contribution in [3.8, 4) is 0 Å². The fourth-order valence-corrected chi connectivity index (χ4v) is 4.06. The second kappa shape index (κ2) is 9.54. The summed E-state index contributed by atoms with van der Waals surface area (Å²) in [4.78, 5) is 16.9. The summed E-state index contributed by atoms with van der Waals surface area (Å²) in [6, 6.07) is 8.02. The van der Waals surface area contributed by atoms with Crippen LogP contribution < -0.4 is 5.32 Å². The van der Waals surface area contributed by atoms with E-state index in [0.29, 0.717) is 19.6 Å². The van der Waals surface area contributed by atoms with Crippen LogP contribution in [0.1, 0.15) is 41.5 Å². The van der Waals surface area contributed by atoms with Crippen LogP contribution in [0.2, 0.25) is 5.02 Å². The Labute approximate surface area is 171 Å². The average molecular weight is 405 g/mol. The third-order valence-corrected chi connectivity index (χ3v) is 5.71. The molecule has 7 heteroatoms. The van der Waals surface area contributed by atoms with E-state index in [1.54, 1.807) is 0 Å². The molecule has 0 radical (unpaired) electrons. The summed E-state index contributed by atoms with van der Waals surface area (Å²) in [5, 5.41) is 7.83. The molecule has 0 bridgehead atoms. The molecule has 1 unspecified atom stereocenters. The standard InChI is InChI=1S/C21H29ClN4O2/c1-15-18(16(2)28-24-15)13-25(3)14-21(27)23-12-20(26-10-6-7-11-26)17-8-4-5-9-19(17)22/h4-5,8-9,20H,6-7,10-14H2,1-3H3,(H,23,27). The first-order valence-electron chi connectivity index (χ1n) is 9.81. The molecule has 0 aliphatic carbocycles. The van der Waals surface area contributed by atoms with Crippen LogP contribution in [-0.4, -0.2) is 54.1 Å². The first kappa shape index (κ1) is 20.8. The normalized spacial score (nSPS) is 15.9. The van der Waals surface area contributed by atoms with Crippen molar-refractivity contribution in [3.05, 3.63) is 51.9 Å². The van der Waals surface area contributed by atoms with Gasteiger partial charge in [-0.1, -0.05) is 35.0 Å². The Morgan fingerprint density at radius 1 is 1.32 bits per heavy atom. The monoisotopic (exact) mass is 404 g/mol. The van der Waals surface area contributed by atoms with Gasteiger partial charge in [0.05, 0.1) is 18.3 Å². The molecular weight excluding hydrogens is 376 g/mol. The number of hydrogen-bond donors (Lipinski definition) is 1. The fraction of sp³-hybridized carbons (Fsp3) is 0.524. The van der Waals surface area contributed by atoms with Gasteiger partial charge in [0, 0.05) is 23.7 Å². The summed E-state index contributed by atoms with van der Waals surface area (Å²) in [7, 11) is 1.93. The van der Waals surface area contributed by atoms with E-state index in [2.05, 4.69) is 21.4 Å². The van der Waals surface area contributed by atoms with Crippen molar-refractivity contribution < 1.29 is 9.32 Å². The highest BCUT2D eigenvalue weighted by atomic mass is 35.5. The highest BCUT2D eigenvalue weighted by Crippen LogP contribution is 2.29. The number of aromatic nitrogens is 1. The number of halogens is 1. The zero-order valence-corrected chi connectivity index (χ0v) is 17.6. The largest absolute Gasteiger partial charge is 0.361 e. The van der Waals surface area contributed by atoms with Gasteiger partial charge in [0.2, 0.25) is 5.91 Å². The number of rotatable bonds is 8. The number of benzene rings is 1. The van der Waals surface area contributed by atoms with Gasteiger partial charge >= 0.3 is 0 Å². The van der Waals surface area contributed by atoms with Crippen molar-refractivity contribution >= 4 is 17.5 Å². The lowest BCUT2D eigenvalue weighted by Gasteiger charge is -2.29. The summed E-state index contributed by atoms with van der Waals surface area (Å²) >= 11 is 6.44. The Hall–Kier alpha value is -1.89. The fourth-order valence-electron chi connectivity index (χ4n) is 3.80. The summed E-state index contributed by atoms with van der Waals surface area (Å²) < 4.78 is 5.20. The Morgan fingerprint density at radius 2 is 2.04 bits per heavy atom. The number of likely N-dealkylation sites (tertiary alicyclic amines) is 1. The van der Waals surface area contributed by atoms with Crippen molar-refractivity contribution in [1.82, 2.24) is 20.3 Å². The van der Waals surface area contributed by atoms with Gasteiger partial charge in [0.1, 0.15) is 5.76 Å². The van der Waals surface area contributed by atoms with Crippen LogP contribution in [0.15, 0.2) is 28.8 Å². The van der Waals surface area contributed by atoms with E-state index in [0.717, 1.165) is 40.7 Å². The van der Waals surface area contributed by atoms with Crippen molar-refractivity contribution in [2.45, 2.75) is 39.3 Å². The van der Waals surface area contributed by atoms with Gasteiger partial charge in [-0.3, -0.25) is 14.6 Å². The molecule has 0 spiro atoms. The van der Waals surface area contributed by atoms with E-state index < -0.39 is 0 Å².